The summed E-state index contributed by atoms with van der Waals surface area (Å²) >= 11 is 1.72. The summed E-state index contributed by atoms with van der Waals surface area (Å²) in [5.41, 5.74) is 1.61. The van der Waals surface area contributed by atoms with Gasteiger partial charge in [0.25, 0.3) is 5.91 Å². The summed E-state index contributed by atoms with van der Waals surface area (Å²) in [6.07, 6.45) is 2.36. The number of rotatable bonds is 6. The molecule has 1 aromatic carbocycles. The first-order valence-corrected chi connectivity index (χ1v) is 8.75. The average Bonchev–Trinajstić information content (AvgIpc) is 3.24. The number of hydrogen-bond donors (Lipinski definition) is 0. The number of benzene rings is 1. The van der Waals surface area contributed by atoms with Crippen molar-refractivity contribution in [2.75, 3.05) is 0 Å². The lowest BCUT2D eigenvalue weighted by Gasteiger charge is -2.29. The summed E-state index contributed by atoms with van der Waals surface area (Å²) < 4.78 is 1.53. The van der Waals surface area contributed by atoms with Crippen LogP contribution in [0.4, 0.5) is 0 Å². The highest BCUT2D eigenvalue weighted by Crippen LogP contribution is 2.18. The highest BCUT2D eigenvalue weighted by Gasteiger charge is 2.24. The zero-order valence-electron chi connectivity index (χ0n) is 13.8. The highest BCUT2D eigenvalue weighted by atomic mass is 32.1. The Kier molecular flexibility index (Phi) is 5.05. The summed E-state index contributed by atoms with van der Waals surface area (Å²) in [5, 5.41) is 9.78. The van der Waals surface area contributed by atoms with Gasteiger partial charge in [-0.05, 0) is 23.9 Å². The van der Waals surface area contributed by atoms with E-state index < -0.39 is 0 Å². The number of aromatic nitrogens is 3. The fourth-order valence-electron chi connectivity index (χ4n) is 2.67. The topological polar surface area (TPSA) is 51.0 Å². The van der Waals surface area contributed by atoms with Gasteiger partial charge in [-0.3, -0.25) is 4.79 Å². The Morgan fingerprint density at radius 3 is 2.67 bits per heavy atom. The summed E-state index contributed by atoms with van der Waals surface area (Å²) in [5.74, 6) is -0.0459. The number of nitrogens with zero attached hydrogens (tertiary/aromatic N) is 4. The number of carbonyl (C=O) groups excluding carboxylic acids is 1. The molecule has 2 heterocycles. The van der Waals surface area contributed by atoms with Crippen LogP contribution in [0.15, 0.2) is 54.0 Å². The van der Waals surface area contributed by atoms with Crippen molar-refractivity contribution >= 4 is 17.2 Å². The van der Waals surface area contributed by atoms with Gasteiger partial charge in [0.2, 0.25) is 0 Å². The smallest absolute Gasteiger partial charge is 0.274 e. The molecule has 124 valence electrons. The van der Waals surface area contributed by atoms with Crippen molar-refractivity contribution < 1.29 is 4.79 Å². The summed E-state index contributed by atoms with van der Waals surface area (Å²) in [4.78, 5) is 16.2. The molecular weight excluding hydrogens is 320 g/mol. The first-order valence-electron chi connectivity index (χ1n) is 7.87. The van der Waals surface area contributed by atoms with E-state index in [9.17, 15) is 4.79 Å². The fraction of sp³-hybridized carbons (Fsp3) is 0.278. The van der Waals surface area contributed by atoms with Gasteiger partial charge >= 0.3 is 0 Å². The molecule has 2 aromatic heterocycles. The van der Waals surface area contributed by atoms with Gasteiger partial charge in [-0.1, -0.05) is 41.6 Å². The van der Waals surface area contributed by atoms with E-state index in [-0.39, 0.29) is 11.9 Å². The molecule has 0 bridgehead atoms. The van der Waals surface area contributed by atoms with Crippen LogP contribution >= 0.6 is 11.3 Å². The Morgan fingerprint density at radius 2 is 2.04 bits per heavy atom. The third-order valence-corrected chi connectivity index (χ3v) is 4.90. The standard InChI is InChI=1S/C18H20N4OS/c1-14(11-16-9-6-10-24-16)22(13-15-7-4-3-5-8-15)18(23)17-12-19-20-21(17)2/h3-10,12,14H,11,13H2,1-2H3/t14-/m0/s1. The quantitative estimate of drug-likeness (QED) is 0.693. The molecule has 0 fully saturated rings. The Hall–Kier alpha value is -2.47. The van der Waals surface area contributed by atoms with Gasteiger partial charge < -0.3 is 4.90 Å². The van der Waals surface area contributed by atoms with Gasteiger partial charge in [0.1, 0.15) is 5.69 Å². The van der Waals surface area contributed by atoms with Gasteiger partial charge in [0.15, 0.2) is 0 Å². The monoisotopic (exact) mass is 340 g/mol. The largest absolute Gasteiger partial charge is 0.330 e. The Balaban J connectivity index is 1.85. The van der Waals surface area contributed by atoms with E-state index in [1.54, 1.807) is 18.4 Å². The van der Waals surface area contributed by atoms with Gasteiger partial charge in [-0.25, -0.2) is 4.68 Å². The third-order valence-electron chi connectivity index (χ3n) is 4.00. The predicted molar refractivity (Wildman–Crippen MR) is 94.8 cm³/mol. The Labute approximate surface area is 145 Å². The van der Waals surface area contributed by atoms with E-state index >= 15 is 0 Å². The molecule has 1 atom stereocenters. The van der Waals surface area contributed by atoms with E-state index in [1.165, 1.54) is 15.8 Å². The van der Waals surface area contributed by atoms with Crippen LogP contribution in [0.25, 0.3) is 0 Å². The normalized spacial score (nSPS) is 12.1. The second-order valence-electron chi connectivity index (χ2n) is 5.79. The van der Waals surface area contributed by atoms with E-state index in [0.29, 0.717) is 12.2 Å². The summed E-state index contributed by atoms with van der Waals surface area (Å²) in [6.45, 7) is 2.65. The van der Waals surface area contributed by atoms with Crippen LogP contribution in [0, 0.1) is 0 Å². The van der Waals surface area contributed by atoms with E-state index in [2.05, 4.69) is 28.7 Å². The number of carbonyl (C=O) groups is 1. The van der Waals surface area contributed by atoms with Crippen molar-refractivity contribution in [3.63, 3.8) is 0 Å². The second-order valence-corrected chi connectivity index (χ2v) is 6.83. The lowest BCUT2D eigenvalue weighted by Crippen LogP contribution is -2.40. The molecular formula is C18H20N4OS. The maximum atomic E-state index is 13.0. The van der Waals surface area contributed by atoms with Gasteiger partial charge in [0, 0.05) is 30.9 Å². The van der Waals surface area contributed by atoms with Crippen molar-refractivity contribution in [3.05, 3.63) is 70.2 Å². The van der Waals surface area contributed by atoms with Crippen molar-refractivity contribution in [1.29, 1.82) is 0 Å². The van der Waals surface area contributed by atoms with Crippen LogP contribution in [0.5, 0.6) is 0 Å². The highest BCUT2D eigenvalue weighted by molar-refractivity contribution is 7.09. The number of amides is 1. The van der Waals surface area contributed by atoms with Crippen molar-refractivity contribution in [1.82, 2.24) is 19.9 Å². The van der Waals surface area contributed by atoms with Crippen LogP contribution in [0.3, 0.4) is 0 Å². The molecule has 3 rings (SSSR count). The minimum Gasteiger partial charge on any atom is -0.330 e. The van der Waals surface area contributed by atoms with Gasteiger partial charge in [0.05, 0.1) is 6.20 Å². The van der Waals surface area contributed by atoms with Crippen molar-refractivity contribution in [3.8, 4) is 0 Å². The number of hydrogen-bond acceptors (Lipinski definition) is 4. The lowest BCUT2D eigenvalue weighted by molar-refractivity contribution is 0.0664. The SMILES string of the molecule is C[C@@H](Cc1cccs1)N(Cc1ccccc1)C(=O)c1cnnn1C. The minimum atomic E-state index is -0.0459. The van der Waals surface area contributed by atoms with Gasteiger partial charge in [-0.15, -0.1) is 16.4 Å². The van der Waals surface area contributed by atoms with Crippen LogP contribution < -0.4 is 0 Å². The molecule has 3 aromatic rings. The first kappa shape index (κ1) is 16.4. The molecule has 0 N–H and O–H groups in total. The molecule has 1 amide bonds. The average molecular weight is 340 g/mol. The van der Waals surface area contributed by atoms with E-state index in [4.69, 9.17) is 0 Å². The third kappa shape index (κ3) is 3.71. The molecule has 0 spiro atoms. The molecule has 0 saturated carbocycles. The molecule has 0 radical (unpaired) electrons. The van der Waals surface area contributed by atoms with Gasteiger partial charge in [-0.2, -0.15) is 0 Å². The molecule has 0 aliphatic carbocycles. The minimum absolute atomic E-state index is 0.0459. The molecule has 5 nitrogen and oxygen atoms in total. The number of aryl methyl sites for hydroxylation is 1. The van der Waals surface area contributed by atoms with E-state index in [0.717, 1.165) is 12.0 Å². The molecule has 0 saturated heterocycles. The molecule has 6 heteroatoms. The molecule has 24 heavy (non-hydrogen) atoms. The Morgan fingerprint density at radius 1 is 1.25 bits per heavy atom. The summed E-state index contributed by atoms with van der Waals surface area (Å²) in [7, 11) is 1.74. The van der Waals surface area contributed by atoms with E-state index in [1.807, 2.05) is 41.3 Å². The number of thiophene rings is 1. The molecule has 0 aliphatic heterocycles. The summed E-state index contributed by atoms with van der Waals surface area (Å²) in [6, 6.07) is 14.3. The molecule has 0 unspecified atom stereocenters. The second kappa shape index (κ2) is 7.40. The van der Waals surface area contributed by atoms with Crippen LogP contribution in [-0.4, -0.2) is 31.8 Å². The fourth-order valence-corrected chi connectivity index (χ4v) is 3.49. The maximum absolute atomic E-state index is 13.0. The predicted octanol–water partition coefficient (Wildman–Crippen LogP) is 3.15. The van der Waals surface area contributed by atoms with Crippen LogP contribution in [0.1, 0.15) is 27.9 Å². The van der Waals surface area contributed by atoms with Crippen molar-refractivity contribution in [2.45, 2.75) is 25.9 Å². The Bertz CT molecular complexity index is 782. The van der Waals surface area contributed by atoms with Crippen LogP contribution in [-0.2, 0) is 20.0 Å². The maximum Gasteiger partial charge on any atom is 0.274 e. The van der Waals surface area contributed by atoms with Crippen LogP contribution in [0.2, 0.25) is 0 Å². The molecule has 0 aliphatic rings. The van der Waals surface area contributed by atoms with Crippen molar-refractivity contribution in [2.24, 2.45) is 7.05 Å². The zero-order chi connectivity index (χ0) is 16.9. The first-order chi connectivity index (χ1) is 11.6. The zero-order valence-corrected chi connectivity index (χ0v) is 14.6. The lowest BCUT2D eigenvalue weighted by atomic mass is 10.1.